The molecule has 1 fully saturated rings. The number of carbonyl (C=O) groups excluding carboxylic acids is 1. The summed E-state index contributed by atoms with van der Waals surface area (Å²) in [6.45, 7) is 4.08. The third-order valence-electron chi connectivity index (χ3n) is 5.40. The van der Waals surface area contributed by atoms with Crippen molar-refractivity contribution in [1.29, 1.82) is 0 Å². The molecule has 3 nitrogen and oxygen atoms in total. The molecule has 1 aliphatic rings. The van der Waals surface area contributed by atoms with E-state index >= 15 is 0 Å². The molecule has 0 spiro atoms. The first kappa shape index (κ1) is 17.4. The minimum absolute atomic E-state index is 0.0538. The van der Waals surface area contributed by atoms with Crippen LogP contribution in [0.4, 0.5) is 0 Å². The molecule has 3 rings (SSSR count). The molecule has 0 radical (unpaired) electrons. The van der Waals surface area contributed by atoms with Crippen LogP contribution in [-0.4, -0.2) is 18.7 Å². The summed E-state index contributed by atoms with van der Waals surface area (Å²) >= 11 is 0. The number of nitrogens with two attached hydrogens (primary N) is 1. The van der Waals surface area contributed by atoms with Crippen molar-refractivity contribution >= 4 is 11.6 Å². The van der Waals surface area contributed by atoms with E-state index in [0.717, 1.165) is 36.0 Å². The molecule has 25 heavy (non-hydrogen) atoms. The molecule has 0 aromatic heterocycles. The summed E-state index contributed by atoms with van der Waals surface area (Å²) in [5, 5.41) is 0. The van der Waals surface area contributed by atoms with Gasteiger partial charge in [-0.1, -0.05) is 48.4 Å². The first-order valence-electron chi connectivity index (χ1n) is 8.95. The molecular formula is C22H26N2O. The highest BCUT2D eigenvalue weighted by molar-refractivity contribution is 6.04. The lowest BCUT2D eigenvalue weighted by Gasteiger charge is -2.20. The van der Waals surface area contributed by atoms with Crippen LogP contribution >= 0.6 is 0 Å². The number of hydrogen-bond acceptors (Lipinski definition) is 2. The van der Waals surface area contributed by atoms with Crippen molar-refractivity contribution in [2.24, 2.45) is 16.6 Å². The second kappa shape index (κ2) is 7.22. The minimum Gasteiger partial charge on any atom is -0.384 e. The van der Waals surface area contributed by atoms with E-state index in [1.807, 2.05) is 25.1 Å². The van der Waals surface area contributed by atoms with Crippen molar-refractivity contribution in [1.82, 2.24) is 0 Å². The number of Topliss-reactive ketones (excluding diaryl/α,β-unsaturated/α-hetero) is 1. The molecule has 2 aromatic carbocycles. The summed E-state index contributed by atoms with van der Waals surface area (Å²) in [5.74, 6) is 1.08. The quantitative estimate of drug-likeness (QED) is 0.512. The summed E-state index contributed by atoms with van der Waals surface area (Å²) in [6, 6.07) is 14.4. The first-order chi connectivity index (χ1) is 12.0. The van der Waals surface area contributed by atoms with Crippen molar-refractivity contribution in [3.63, 3.8) is 0 Å². The van der Waals surface area contributed by atoms with Gasteiger partial charge in [0, 0.05) is 24.1 Å². The van der Waals surface area contributed by atoms with Gasteiger partial charge >= 0.3 is 0 Å². The molecule has 0 aliphatic heterocycles. The summed E-state index contributed by atoms with van der Waals surface area (Å²) in [6.07, 6.45) is 3.14. The lowest BCUT2D eigenvalue weighted by Crippen LogP contribution is -2.20. The molecule has 2 atom stereocenters. The zero-order valence-electron chi connectivity index (χ0n) is 15.3. The predicted octanol–water partition coefficient (Wildman–Crippen LogP) is 4.41. The van der Waals surface area contributed by atoms with E-state index in [2.05, 4.69) is 36.2 Å². The lowest BCUT2D eigenvalue weighted by molar-refractivity contribution is 0.0912. The summed E-state index contributed by atoms with van der Waals surface area (Å²) in [4.78, 5) is 17.3. The number of aryl methyl sites for hydroxylation is 2. The molecule has 130 valence electrons. The van der Waals surface area contributed by atoms with Crippen LogP contribution < -0.4 is 5.73 Å². The molecule has 2 unspecified atom stereocenters. The SMILES string of the molecule is CN=C(N)c1cc(C(=O)C2CCCC2c2ccc(C)cc2)ccc1C. The zero-order valence-corrected chi connectivity index (χ0v) is 15.3. The maximum atomic E-state index is 13.2. The van der Waals surface area contributed by atoms with Gasteiger partial charge in [0.25, 0.3) is 0 Å². The number of rotatable bonds is 4. The number of ketones is 1. The second-order valence-corrected chi connectivity index (χ2v) is 7.06. The summed E-state index contributed by atoms with van der Waals surface area (Å²) in [7, 11) is 1.67. The standard InChI is InChI=1S/C22H26N2O/c1-14-7-10-16(11-8-14)18-5-4-6-19(18)21(25)17-12-9-15(2)20(13-17)22(23)24-3/h7-13,18-19H,4-6H2,1-3H3,(H2,23,24). The van der Waals surface area contributed by atoms with Crippen molar-refractivity contribution < 1.29 is 4.79 Å². The van der Waals surface area contributed by atoms with E-state index < -0.39 is 0 Å². The van der Waals surface area contributed by atoms with Gasteiger partial charge in [-0.3, -0.25) is 9.79 Å². The zero-order chi connectivity index (χ0) is 18.0. The normalized spacial score (nSPS) is 20.7. The van der Waals surface area contributed by atoms with Crippen LogP contribution in [0, 0.1) is 19.8 Å². The Kier molecular flexibility index (Phi) is 5.03. The fourth-order valence-corrected chi connectivity index (χ4v) is 3.87. The highest BCUT2D eigenvalue weighted by atomic mass is 16.1. The maximum absolute atomic E-state index is 13.2. The minimum atomic E-state index is 0.0538. The van der Waals surface area contributed by atoms with Gasteiger partial charge in [0.15, 0.2) is 5.78 Å². The maximum Gasteiger partial charge on any atom is 0.166 e. The van der Waals surface area contributed by atoms with E-state index in [4.69, 9.17) is 5.73 Å². The molecule has 0 amide bonds. The molecule has 3 heteroatoms. The Morgan fingerprint density at radius 2 is 1.80 bits per heavy atom. The molecule has 2 aromatic rings. The van der Waals surface area contributed by atoms with Gasteiger partial charge in [0.05, 0.1) is 0 Å². The van der Waals surface area contributed by atoms with Crippen LogP contribution in [0.5, 0.6) is 0 Å². The Bertz CT molecular complexity index is 805. The third kappa shape index (κ3) is 3.51. The number of amidine groups is 1. The Balaban J connectivity index is 1.90. The highest BCUT2D eigenvalue weighted by Gasteiger charge is 2.34. The molecule has 0 bridgehead atoms. The monoisotopic (exact) mass is 334 g/mol. The summed E-state index contributed by atoms with van der Waals surface area (Å²) in [5.41, 5.74) is 11.2. The van der Waals surface area contributed by atoms with Crippen molar-refractivity contribution in [2.45, 2.75) is 39.0 Å². The van der Waals surface area contributed by atoms with Gasteiger partial charge in [0.1, 0.15) is 5.84 Å². The van der Waals surface area contributed by atoms with Crippen molar-refractivity contribution in [2.75, 3.05) is 7.05 Å². The van der Waals surface area contributed by atoms with Gasteiger partial charge in [0.2, 0.25) is 0 Å². The van der Waals surface area contributed by atoms with Gasteiger partial charge in [-0.05, 0) is 49.8 Å². The van der Waals surface area contributed by atoms with Crippen LogP contribution in [-0.2, 0) is 0 Å². The van der Waals surface area contributed by atoms with Crippen LogP contribution in [0.1, 0.15) is 57.8 Å². The number of aliphatic imine (C=N–C) groups is 1. The van der Waals surface area contributed by atoms with Crippen LogP contribution in [0.3, 0.4) is 0 Å². The summed E-state index contributed by atoms with van der Waals surface area (Å²) < 4.78 is 0. The Labute approximate surface area is 150 Å². The average molecular weight is 334 g/mol. The molecule has 2 N–H and O–H groups in total. The van der Waals surface area contributed by atoms with Gasteiger partial charge < -0.3 is 5.73 Å². The largest absolute Gasteiger partial charge is 0.384 e. The molecule has 0 saturated heterocycles. The predicted molar refractivity (Wildman–Crippen MR) is 103 cm³/mol. The number of nitrogens with zero attached hydrogens (tertiary/aromatic N) is 1. The Morgan fingerprint density at radius 1 is 1.08 bits per heavy atom. The van der Waals surface area contributed by atoms with E-state index in [0.29, 0.717) is 11.8 Å². The smallest absolute Gasteiger partial charge is 0.166 e. The number of carbonyl (C=O) groups is 1. The van der Waals surface area contributed by atoms with Gasteiger partial charge in [-0.2, -0.15) is 0 Å². The van der Waals surface area contributed by atoms with E-state index in [1.165, 1.54) is 11.1 Å². The van der Waals surface area contributed by atoms with E-state index in [-0.39, 0.29) is 11.7 Å². The van der Waals surface area contributed by atoms with E-state index in [9.17, 15) is 4.79 Å². The number of benzene rings is 2. The molecular weight excluding hydrogens is 308 g/mol. The third-order valence-corrected chi connectivity index (χ3v) is 5.40. The molecule has 1 saturated carbocycles. The van der Waals surface area contributed by atoms with Crippen LogP contribution in [0.2, 0.25) is 0 Å². The van der Waals surface area contributed by atoms with Crippen LogP contribution in [0.25, 0.3) is 0 Å². The molecule has 0 heterocycles. The van der Waals surface area contributed by atoms with Gasteiger partial charge in [-0.15, -0.1) is 0 Å². The highest BCUT2D eigenvalue weighted by Crippen LogP contribution is 2.41. The fourth-order valence-electron chi connectivity index (χ4n) is 3.87. The lowest BCUT2D eigenvalue weighted by atomic mass is 9.83. The van der Waals surface area contributed by atoms with Crippen molar-refractivity contribution in [3.8, 4) is 0 Å². The second-order valence-electron chi connectivity index (χ2n) is 7.06. The van der Waals surface area contributed by atoms with Crippen LogP contribution in [0.15, 0.2) is 47.5 Å². The Hall–Kier alpha value is -2.42. The van der Waals surface area contributed by atoms with E-state index in [1.54, 1.807) is 7.05 Å². The first-order valence-corrected chi connectivity index (χ1v) is 8.95. The van der Waals surface area contributed by atoms with Gasteiger partial charge in [-0.25, -0.2) is 0 Å². The average Bonchev–Trinajstić information content (AvgIpc) is 3.11. The topological polar surface area (TPSA) is 55.4 Å². The number of hydrogen-bond donors (Lipinski definition) is 1. The fraction of sp³-hybridized carbons (Fsp3) is 0.364. The Morgan fingerprint density at radius 3 is 2.48 bits per heavy atom. The van der Waals surface area contributed by atoms with Crippen molar-refractivity contribution in [3.05, 3.63) is 70.3 Å². The molecule has 1 aliphatic carbocycles.